The number of fused-ring (bicyclic) bond motifs is 10. The van der Waals surface area contributed by atoms with E-state index in [1.165, 1.54) is 89.0 Å². The lowest BCUT2D eigenvalue weighted by Crippen LogP contribution is -2.26. The maximum Gasteiger partial charge on any atom is 0.0726 e. The zero-order valence-corrected chi connectivity index (χ0v) is 37.4. The normalized spacial score (nSPS) is 12.5. The molecule has 1 nitrogen and oxygen atoms in total. The first-order valence-electron chi connectivity index (χ1n) is 23.6. The lowest BCUT2D eigenvalue weighted by atomic mass is 9.70. The zero-order chi connectivity index (χ0) is 45.0. The average Bonchev–Trinajstić information content (AvgIpc) is 3.89. The third-order valence-electron chi connectivity index (χ3n) is 14.3. The molecule has 13 rings (SSSR count). The summed E-state index contributed by atoms with van der Waals surface area (Å²) in [4.78, 5) is 2.49. The van der Waals surface area contributed by atoms with Crippen molar-refractivity contribution in [3.05, 3.63) is 295 Å². The highest BCUT2D eigenvalue weighted by Gasteiger charge is 2.51. The second-order valence-corrected chi connectivity index (χ2v) is 18.0. The third-order valence-corrected chi connectivity index (χ3v) is 14.3. The first-order chi connectivity index (χ1) is 33.7. The number of hydrogen-bond acceptors (Lipinski definition) is 1. The van der Waals surface area contributed by atoms with E-state index in [0.29, 0.717) is 0 Å². The summed E-state index contributed by atoms with van der Waals surface area (Å²) in [7, 11) is 0. The molecule has 2 aliphatic rings. The van der Waals surface area contributed by atoms with Crippen molar-refractivity contribution in [2.24, 2.45) is 0 Å². The summed E-state index contributed by atoms with van der Waals surface area (Å²) in [5.41, 5.74) is 25.1. The molecule has 0 aromatic heterocycles. The fourth-order valence-electron chi connectivity index (χ4n) is 11.3. The van der Waals surface area contributed by atoms with E-state index in [2.05, 4.69) is 278 Å². The van der Waals surface area contributed by atoms with Crippen LogP contribution >= 0.6 is 0 Å². The van der Waals surface area contributed by atoms with Gasteiger partial charge in [0.05, 0.1) is 5.41 Å². The molecule has 11 aromatic carbocycles. The predicted octanol–water partition coefficient (Wildman–Crippen LogP) is 17.8. The molecule has 318 valence electrons. The Balaban J connectivity index is 1.08. The number of anilines is 3. The van der Waals surface area contributed by atoms with Gasteiger partial charge in [0.2, 0.25) is 0 Å². The van der Waals surface area contributed by atoms with Crippen LogP contribution in [0.15, 0.2) is 273 Å². The Bertz CT molecular complexity index is 3510. The molecule has 0 amide bonds. The van der Waals surface area contributed by atoms with Gasteiger partial charge in [-0.3, -0.25) is 0 Å². The Kier molecular flexibility index (Phi) is 9.47. The maximum absolute atomic E-state index is 2.50. The Morgan fingerprint density at radius 2 is 0.544 bits per heavy atom. The summed E-state index contributed by atoms with van der Waals surface area (Å²) in [5.74, 6) is 0. The molecule has 68 heavy (non-hydrogen) atoms. The fourth-order valence-corrected chi connectivity index (χ4v) is 11.3. The fraction of sp³-hybridized carbons (Fsp3) is 0.0149. The van der Waals surface area contributed by atoms with Gasteiger partial charge in [-0.15, -0.1) is 0 Å². The number of benzene rings is 11. The molecule has 0 radical (unpaired) electrons. The van der Waals surface area contributed by atoms with Crippen LogP contribution < -0.4 is 4.90 Å². The summed E-state index contributed by atoms with van der Waals surface area (Å²) in [6.07, 6.45) is 0. The van der Waals surface area contributed by atoms with Crippen LogP contribution in [-0.2, 0) is 5.41 Å². The molecule has 0 fully saturated rings. The first-order valence-corrected chi connectivity index (χ1v) is 23.6. The van der Waals surface area contributed by atoms with E-state index >= 15 is 0 Å². The molecular weight excluding hydrogens is 819 g/mol. The Labute approximate surface area is 398 Å². The third kappa shape index (κ3) is 6.32. The highest BCUT2D eigenvalue weighted by atomic mass is 15.1. The highest BCUT2D eigenvalue weighted by molar-refractivity contribution is 6.00. The van der Waals surface area contributed by atoms with Crippen molar-refractivity contribution in [2.45, 2.75) is 5.41 Å². The molecule has 0 N–H and O–H groups in total. The van der Waals surface area contributed by atoms with Crippen molar-refractivity contribution in [1.29, 1.82) is 0 Å². The van der Waals surface area contributed by atoms with Crippen LogP contribution in [0.1, 0.15) is 22.3 Å². The van der Waals surface area contributed by atoms with Gasteiger partial charge in [-0.25, -0.2) is 0 Å². The molecule has 1 heteroatoms. The first kappa shape index (κ1) is 39.6. The summed E-state index contributed by atoms with van der Waals surface area (Å²) < 4.78 is 0. The smallest absolute Gasteiger partial charge is 0.0726 e. The quantitative estimate of drug-likeness (QED) is 0.147. The van der Waals surface area contributed by atoms with E-state index < -0.39 is 5.41 Å². The largest absolute Gasteiger partial charge is 0.310 e. The van der Waals surface area contributed by atoms with Crippen LogP contribution in [0.3, 0.4) is 0 Å². The molecule has 0 saturated carbocycles. The monoisotopic (exact) mass is 863 g/mol. The molecule has 11 aromatic rings. The molecule has 0 aliphatic heterocycles. The predicted molar refractivity (Wildman–Crippen MR) is 285 cm³/mol. The van der Waals surface area contributed by atoms with Gasteiger partial charge in [0.15, 0.2) is 0 Å². The topological polar surface area (TPSA) is 3.24 Å². The lowest BCUT2D eigenvalue weighted by Gasteiger charge is -2.32. The van der Waals surface area contributed by atoms with Crippen LogP contribution in [0.4, 0.5) is 17.1 Å². The average molecular weight is 864 g/mol. The summed E-state index contributed by atoms with van der Waals surface area (Å²) >= 11 is 0. The van der Waals surface area contributed by atoms with Crippen molar-refractivity contribution in [2.75, 3.05) is 4.90 Å². The van der Waals surface area contributed by atoms with Crippen molar-refractivity contribution in [3.8, 4) is 77.9 Å². The van der Waals surface area contributed by atoms with Gasteiger partial charge in [0, 0.05) is 17.1 Å². The molecule has 0 atom stereocenters. The van der Waals surface area contributed by atoms with E-state index in [1.54, 1.807) is 0 Å². The minimum absolute atomic E-state index is 0.474. The maximum atomic E-state index is 2.50. The molecule has 0 unspecified atom stereocenters. The molecular formula is C67H45N. The summed E-state index contributed by atoms with van der Waals surface area (Å²) in [5, 5.41) is 0. The second-order valence-electron chi connectivity index (χ2n) is 18.0. The van der Waals surface area contributed by atoms with Crippen LogP contribution in [0.25, 0.3) is 77.9 Å². The highest BCUT2D eigenvalue weighted by Crippen LogP contribution is 2.63. The summed E-state index contributed by atoms with van der Waals surface area (Å²) in [6.45, 7) is 0. The van der Waals surface area contributed by atoms with Gasteiger partial charge in [-0.05, 0) is 137 Å². The molecule has 0 saturated heterocycles. The van der Waals surface area contributed by atoms with E-state index in [4.69, 9.17) is 0 Å². The van der Waals surface area contributed by atoms with Gasteiger partial charge < -0.3 is 4.90 Å². The summed E-state index contributed by atoms with van der Waals surface area (Å²) in [6, 6.07) is 101. The van der Waals surface area contributed by atoms with Crippen LogP contribution in [-0.4, -0.2) is 0 Å². The van der Waals surface area contributed by atoms with Gasteiger partial charge in [-0.2, -0.15) is 0 Å². The number of hydrogen-bond donors (Lipinski definition) is 0. The Hall–Kier alpha value is -8.78. The lowest BCUT2D eigenvalue weighted by molar-refractivity contribution is 0.793. The Morgan fingerprint density at radius 3 is 1.00 bits per heavy atom. The van der Waals surface area contributed by atoms with Crippen LogP contribution in [0, 0.1) is 0 Å². The number of nitrogens with zero attached hydrogens (tertiary/aromatic N) is 1. The van der Waals surface area contributed by atoms with Gasteiger partial charge >= 0.3 is 0 Å². The van der Waals surface area contributed by atoms with Crippen molar-refractivity contribution in [3.63, 3.8) is 0 Å². The molecule has 0 heterocycles. The van der Waals surface area contributed by atoms with Crippen molar-refractivity contribution < 1.29 is 0 Å². The minimum atomic E-state index is -0.474. The van der Waals surface area contributed by atoms with E-state index in [9.17, 15) is 0 Å². The van der Waals surface area contributed by atoms with Crippen LogP contribution in [0.2, 0.25) is 0 Å². The van der Waals surface area contributed by atoms with E-state index in [1.807, 2.05) is 0 Å². The molecule has 0 bridgehead atoms. The van der Waals surface area contributed by atoms with E-state index in [0.717, 1.165) is 28.2 Å². The Morgan fingerprint density at radius 1 is 0.206 bits per heavy atom. The van der Waals surface area contributed by atoms with Crippen molar-refractivity contribution in [1.82, 2.24) is 0 Å². The zero-order valence-electron chi connectivity index (χ0n) is 37.4. The van der Waals surface area contributed by atoms with Gasteiger partial charge in [-0.1, -0.05) is 237 Å². The number of rotatable bonds is 8. The van der Waals surface area contributed by atoms with E-state index in [-0.39, 0.29) is 0 Å². The second kappa shape index (κ2) is 16.3. The minimum Gasteiger partial charge on any atom is -0.310 e. The van der Waals surface area contributed by atoms with Gasteiger partial charge in [0.25, 0.3) is 0 Å². The van der Waals surface area contributed by atoms with Gasteiger partial charge in [0.1, 0.15) is 0 Å². The van der Waals surface area contributed by atoms with Crippen LogP contribution in [0.5, 0.6) is 0 Å². The van der Waals surface area contributed by atoms with Crippen molar-refractivity contribution >= 4 is 17.1 Å². The molecule has 2 aliphatic carbocycles. The standard InChI is InChI=1S/C67H45N/c1-5-19-46(20-6-1)48-33-35-52(36-34-48)66-60(50-23-9-3-10-24-50)43-55(44-61(66)51-25-11-4-12-26-51)68(53-39-37-49(38-40-53)47-21-7-2-8-22-47)54-41-42-59-58-29-15-18-32-64(58)67(65(59)45-54)62-30-16-13-27-56(62)57-28-14-17-31-63(57)67/h1-45H. The molecule has 1 spiro atoms. The SMILES string of the molecule is c1ccc(-c2ccc(-c3c(-c4ccccc4)cc(N(c4ccc(-c5ccccc5)cc4)c4ccc5c(c4)C4(c6ccccc6-c6ccccc64)c4ccccc4-5)cc3-c3ccccc3)cc2)cc1.